The van der Waals surface area contributed by atoms with Crippen molar-refractivity contribution in [2.45, 2.75) is 43.7 Å². The Morgan fingerprint density at radius 3 is 2.16 bits per heavy atom. The van der Waals surface area contributed by atoms with E-state index in [1.807, 2.05) is 66.2 Å². The highest BCUT2D eigenvalue weighted by atomic mass is 32.2. The molecule has 2 N–H and O–H groups in total. The number of benzene rings is 4. The summed E-state index contributed by atoms with van der Waals surface area (Å²) in [6.07, 6.45) is 0.424. The molecule has 8 nitrogen and oxygen atoms in total. The summed E-state index contributed by atoms with van der Waals surface area (Å²) in [4.78, 5) is 12.4. The van der Waals surface area contributed by atoms with Crippen LogP contribution in [0.3, 0.4) is 0 Å². The van der Waals surface area contributed by atoms with Gasteiger partial charge in [0.1, 0.15) is 11.9 Å². The molecule has 14 heteroatoms. The molecule has 0 aliphatic carbocycles. The summed E-state index contributed by atoms with van der Waals surface area (Å²) in [5.74, 6) is -12.0. The Hall–Kier alpha value is -4.63. The van der Waals surface area contributed by atoms with Crippen molar-refractivity contribution in [2.75, 3.05) is 5.75 Å². The molecule has 1 aliphatic heterocycles. The predicted molar refractivity (Wildman–Crippen MR) is 174 cm³/mol. The highest BCUT2D eigenvalue weighted by Gasteiger charge is 2.38. The first-order valence-corrected chi connectivity index (χ1v) is 16.5. The lowest BCUT2D eigenvalue weighted by atomic mass is 9.91. The number of nitrogens with zero attached hydrogens (tertiary/aromatic N) is 3. The maximum atomic E-state index is 14.1. The fourth-order valence-corrected chi connectivity index (χ4v) is 6.69. The van der Waals surface area contributed by atoms with Crippen LogP contribution in [-0.4, -0.2) is 37.6 Å². The number of aryl methyl sites for hydroxylation is 1. The first-order valence-electron chi connectivity index (χ1n) is 15.5. The molecular weight excluding hydrogens is 679 g/mol. The van der Waals surface area contributed by atoms with Crippen LogP contribution in [0.5, 0.6) is 0 Å². The molecule has 2 heterocycles. The zero-order chi connectivity index (χ0) is 35.5. The second kappa shape index (κ2) is 15.1. The van der Waals surface area contributed by atoms with Gasteiger partial charge >= 0.3 is 0 Å². The number of aliphatic hydroxyl groups is 1. The van der Waals surface area contributed by atoms with Crippen LogP contribution in [0.1, 0.15) is 51.9 Å². The number of thioether (sulfide) groups is 1. The highest BCUT2D eigenvalue weighted by molar-refractivity contribution is 7.99. The number of aliphatic hydroxyl groups excluding tert-OH is 1. The Bertz CT molecular complexity index is 1970. The van der Waals surface area contributed by atoms with E-state index in [9.17, 15) is 31.9 Å². The van der Waals surface area contributed by atoms with Crippen LogP contribution in [0.2, 0.25) is 0 Å². The minimum atomic E-state index is -2.34. The van der Waals surface area contributed by atoms with E-state index in [0.29, 0.717) is 11.3 Å². The molecule has 1 amide bonds. The van der Waals surface area contributed by atoms with E-state index in [4.69, 9.17) is 9.47 Å². The second-order valence-electron chi connectivity index (χ2n) is 11.8. The third-order valence-electron chi connectivity index (χ3n) is 8.50. The standard InChI is InChI=1S/C36H31F5N4O4S/c1-19-26(17-50-36-44-43-18-45(36)2)48-35(49-33(19)23-8-6-20(16-46)7-9-23)24-12-10-22(11-13-24)25-5-3-4-21(14-25)15-42-34(47)27-28(37)30(39)32(41)31(40)29(27)38/h3-14,18-19,26,33,35,46H,15-17H2,1-2H3,(H,42,47)/t19-,26+,33+,35+/m1/s1. The topological polar surface area (TPSA) is 98.5 Å². The molecule has 1 fully saturated rings. The predicted octanol–water partition coefficient (Wildman–Crippen LogP) is 7.18. The summed E-state index contributed by atoms with van der Waals surface area (Å²) >= 11 is 1.54. The monoisotopic (exact) mass is 710 g/mol. The summed E-state index contributed by atoms with van der Waals surface area (Å²) < 4.78 is 83.7. The Kier molecular flexibility index (Phi) is 10.6. The quantitative estimate of drug-likeness (QED) is 0.0686. The van der Waals surface area contributed by atoms with Gasteiger partial charge in [-0.3, -0.25) is 4.79 Å². The normalized spacial score (nSPS) is 19.0. The number of carbonyl (C=O) groups is 1. The van der Waals surface area contributed by atoms with Gasteiger partial charge in [-0.2, -0.15) is 0 Å². The SMILES string of the molecule is C[C@@H]1[C@H](CSc2nncn2C)O[C@H](c2ccc(-c3cccc(CNC(=O)c4c(F)c(F)c(F)c(F)c4F)c3)cc2)O[C@@H]1c1ccc(CO)cc1. The maximum Gasteiger partial charge on any atom is 0.257 e. The summed E-state index contributed by atoms with van der Waals surface area (Å²) in [5, 5.41) is 20.6. The number of aromatic nitrogens is 3. The van der Waals surface area contributed by atoms with E-state index in [-0.39, 0.29) is 31.3 Å². The molecular formula is C36H31F5N4O4S. The van der Waals surface area contributed by atoms with Gasteiger partial charge in [0.05, 0.1) is 18.8 Å². The van der Waals surface area contributed by atoms with Crippen LogP contribution in [0, 0.1) is 35.0 Å². The third kappa shape index (κ3) is 7.29. The van der Waals surface area contributed by atoms with Gasteiger partial charge in [0.15, 0.2) is 34.7 Å². The molecule has 0 spiro atoms. The Balaban J connectivity index is 1.18. The zero-order valence-electron chi connectivity index (χ0n) is 26.7. The molecule has 1 aliphatic rings. The van der Waals surface area contributed by atoms with Gasteiger partial charge in [0.2, 0.25) is 5.82 Å². The molecule has 1 saturated heterocycles. The Labute approximate surface area is 288 Å². The summed E-state index contributed by atoms with van der Waals surface area (Å²) in [6, 6.07) is 22.1. The molecule has 0 saturated carbocycles. The highest BCUT2D eigenvalue weighted by Crippen LogP contribution is 2.43. The number of carbonyl (C=O) groups excluding carboxylic acids is 1. The number of amides is 1. The van der Waals surface area contributed by atoms with E-state index < -0.39 is 46.8 Å². The van der Waals surface area contributed by atoms with E-state index in [1.54, 1.807) is 24.5 Å². The fraction of sp³-hybridized carbons (Fsp3) is 0.250. The fourth-order valence-electron chi connectivity index (χ4n) is 5.64. The van der Waals surface area contributed by atoms with Gasteiger partial charge in [-0.25, -0.2) is 22.0 Å². The average molecular weight is 711 g/mol. The van der Waals surface area contributed by atoms with Crippen molar-refractivity contribution in [3.63, 3.8) is 0 Å². The Morgan fingerprint density at radius 2 is 1.52 bits per heavy atom. The third-order valence-corrected chi connectivity index (χ3v) is 9.63. The number of ether oxygens (including phenoxy) is 2. The molecule has 50 heavy (non-hydrogen) atoms. The van der Waals surface area contributed by atoms with Gasteiger partial charge in [-0.05, 0) is 33.9 Å². The van der Waals surface area contributed by atoms with E-state index in [2.05, 4.69) is 22.4 Å². The van der Waals surface area contributed by atoms with Crippen molar-refractivity contribution >= 4 is 17.7 Å². The number of rotatable bonds is 10. The number of halogens is 5. The van der Waals surface area contributed by atoms with Gasteiger partial charge in [-0.1, -0.05) is 85.4 Å². The minimum absolute atomic E-state index is 0.0245. The van der Waals surface area contributed by atoms with Crippen molar-refractivity contribution < 1.29 is 41.3 Å². The number of hydrogen-bond donors (Lipinski definition) is 2. The number of nitrogens with one attached hydrogen (secondary N) is 1. The van der Waals surface area contributed by atoms with Crippen molar-refractivity contribution in [2.24, 2.45) is 13.0 Å². The molecule has 4 atom stereocenters. The van der Waals surface area contributed by atoms with Crippen molar-refractivity contribution in [3.05, 3.63) is 136 Å². The lowest BCUT2D eigenvalue weighted by Gasteiger charge is -2.41. The molecule has 6 rings (SSSR count). The van der Waals surface area contributed by atoms with Crippen LogP contribution < -0.4 is 5.32 Å². The largest absolute Gasteiger partial charge is 0.392 e. The smallest absolute Gasteiger partial charge is 0.257 e. The van der Waals surface area contributed by atoms with Gasteiger partial charge in [0, 0.05) is 30.8 Å². The van der Waals surface area contributed by atoms with Crippen LogP contribution in [0.25, 0.3) is 11.1 Å². The molecule has 260 valence electrons. The molecule has 0 unspecified atom stereocenters. The molecule has 0 radical (unpaired) electrons. The van der Waals surface area contributed by atoms with Crippen LogP contribution in [0.4, 0.5) is 22.0 Å². The molecule has 5 aromatic rings. The van der Waals surface area contributed by atoms with Crippen molar-refractivity contribution in [1.82, 2.24) is 20.1 Å². The van der Waals surface area contributed by atoms with Crippen LogP contribution >= 0.6 is 11.8 Å². The lowest BCUT2D eigenvalue weighted by molar-refractivity contribution is -0.268. The molecule has 1 aromatic heterocycles. The lowest BCUT2D eigenvalue weighted by Crippen LogP contribution is -2.38. The van der Waals surface area contributed by atoms with E-state index in [1.165, 1.54) is 11.8 Å². The first kappa shape index (κ1) is 35.2. The van der Waals surface area contributed by atoms with Gasteiger partial charge in [0.25, 0.3) is 5.91 Å². The molecule has 0 bridgehead atoms. The van der Waals surface area contributed by atoms with Crippen molar-refractivity contribution in [1.29, 1.82) is 0 Å². The second-order valence-corrected chi connectivity index (χ2v) is 12.8. The summed E-state index contributed by atoms with van der Waals surface area (Å²) in [6.45, 7) is 1.78. The van der Waals surface area contributed by atoms with Crippen molar-refractivity contribution in [3.8, 4) is 11.1 Å². The Morgan fingerprint density at radius 1 is 0.860 bits per heavy atom. The zero-order valence-corrected chi connectivity index (χ0v) is 27.6. The first-order chi connectivity index (χ1) is 24.0. The van der Waals surface area contributed by atoms with Crippen LogP contribution in [-0.2, 0) is 29.7 Å². The van der Waals surface area contributed by atoms with Gasteiger partial charge < -0.3 is 24.5 Å². The van der Waals surface area contributed by atoms with E-state index in [0.717, 1.165) is 33.0 Å². The maximum absolute atomic E-state index is 14.1. The average Bonchev–Trinajstić information content (AvgIpc) is 3.56. The summed E-state index contributed by atoms with van der Waals surface area (Å²) in [5.41, 5.74) is 3.05. The minimum Gasteiger partial charge on any atom is -0.392 e. The number of hydrogen-bond acceptors (Lipinski definition) is 7. The van der Waals surface area contributed by atoms with E-state index >= 15 is 0 Å². The van der Waals surface area contributed by atoms with Crippen LogP contribution in [0.15, 0.2) is 84.3 Å². The summed E-state index contributed by atoms with van der Waals surface area (Å²) in [7, 11) is 1.87. The molecule has 4 aromatic carbocycles. The van der Waals surface area contributed by atoms with Gasteiger partial charge in [-0.15, -0.1) is 10.2 Å².